The van der Waals surface area contributed by atoms with E-state index in [0.717, 1.165) is 13.0 Å². The minimum absolute atomic E-state index is 0.234. The summed E-state index contributed by atoms with van der Waals surface area (Å²) in [6, 6.07) is 5.07. The van der Waals surface area contributed by atoms with Gasteiger partial charge in [-0.05, 0) is 25.5 Å². The number of nitrogens with one attached hydrogen (secondary N) is 2. The molecule has 2 aromatic heterocycles. The van der Waals surface area contributed by atoms with Gasteiger partial charge >= 0.3 is 0 Å². The van der Waals surface area contributed by atoms with Crippen LogP contribution in [0.2, 0.25) is 0 Å². The van der Waals surface area contributed by atoms with Crippen molar-refractivity contribution >= 4 is 17.5 Å². The first-order valence-corrected chi connectivity index (χ1v) is 7.13. The van der Waals surface area contributed by atoms with Crippen LogP contribution in [0.1, 0.15) is 42.3 Å². The fourth-order valence-electron chi connectivity index (χ4n) is 1.87. The van der Waals surface area contributed by atoms with Crippen molar-refractivity contribution in [3.8, 4) is 0 Å². The van der Waals surface area contributed by atoms with Crippen LogP contribution in [-0.2, 0) is 0 Å². The van der Waals surface area contributed by atoms with Crippen LogP contribution in [0, 0.1) is 6.92 Å². The molecule has 0 bridgehead atoms. The molecule has 0 spiro atoms. The van der Waals surface area contributed by atoms with Crippen molar-refractivity contribution in [3.05, 3.63) is 35.7 Å². The number of nitrogens with zero attached hydrogens (tertiary/aromatic N) is 2. The fourth-order valence-corrected chi connectivity index (χ4v) is 1.87. The van der Waals surface area contributed by atoms with Gasteiger partial charge in [-0.2, -0.15) is 0 Å². The first kappa shape index (κ1) is 15.0. The van der Waals surface area contributed by atoms with E-state index < -0.39 is 0 Å². The summed E-state index contributed by atoms with van der Waals surface area (Å²) in [7, 11) is 0. The van der Waals surface area contributed by atoms with Crippen molar-refractivity contribution in [1.29, 1.82) is 0 Å². The minimum atomic E-state index is -0.234. The highest BCUT2D eigenvalue weighted by atomic mass is 16.5. The molecule has 0 aliphatic heterocycles. The van der Waals surface area contributed by atoms with Crippen molar-refractivity contribution in [3.63, 3.8) is 0 Å². The van der Waals surface area contributed by atoms with Crippen molar-refractivity contribution in [2.45, 2.75) is 33.1 Å². The molecule has 6 heteroatoms. The molecule has 0 radical (unpaired) electrons. The number of rotatable bonds is 7. The van der Waals surface area contributed by atoms with E-state index in [4.69, 9.17) is 4.52 Å². The van der Waals surface area contributed by atoms with Crippen LogP contribution in [0.5, 0.6) is 0 Å². The molecule has 0 aliphatic rings. The highest BCUT2D eigenvalue weighted by molar-refractivity contribution is 6.04. The lowest BCUT2D eigenvalue weighted by Crippen LogP contribution is -2.13. The average Bonchev–Trinajstić information content (AvgIpc) is 2.89. The van der Waals surface area contributed by atoms with Gasteiger partial charge in [0.25, 0.3) is 5.91 Å². The topological polar surface area (TPSA) is 80.0 Å². The molecule has 0 unspecified atom stereocenters. The monoisotopic (exact) mass is 288 g/mol. The largest absolute Gasteiger partial charge is 0.370 e. The quantitative estimate of drug-likeness (QED) is 0.764. The van der Waals surface area contributed by atoms with Gasteiger partial charge in [0, 0.05) is 24.4 Å². The molecule has 2 N–H and O–H groups in total. The van der Waals surface area contributed by atoms with Crippen LogP contribution in [0.4, 0.5) is 11.6 Å². The first-order valence-electron chi connectivity index (χ1n) is 7.13. The first-order chi connectivity index (χ1) is 10.2. The number of pyridine rings is 1. The summed E-state index contributed by atoms with van der Waals surface area (Å²) in [6.45, 7) is 4.79. The van der Waals surface area contributed by atoms with Crippen molar-refractivity contribution < 1.29 is 9.32 Å². The number of hydrogen-bond donors (Lipinski definition) is 2. The molecule has 2 rings (SSSR count). The van der Waals surface area contributed by atoms with Gasteiger partial charge in [0.15, 0.2) is 5.82 Å². The highest BCUT2D eigenvalue weighted by Crippen LogP contribution is 2.12. The van der Waals surface area contributed by atoms with Crippen LogP contribution in [0.25, 0.3) is 0 Å². The molecule has 0 aliphatic carbocycles. The maximum absolute atomic E-state index is 12.1. The molecule has 0 saturated heterocycles. The summed E-state index contributed by atoms with van der Waals surface area (Å²) in [5, 5.41) is 9.64. The molecule has 0 fully saturated rings. The lowest BCUT2D eigenvalue weighted by Gasteiger charge is -2.07. The van der Waals surface area contributed by atoms with Crippen molar-refractivity contribution in [2.75, 3.05) is 17.2 Å². The maximum atomic E-state index is 12.1. The zero-order chi connectivity index (χ0) is 15.1. The molecule has 0 aromatic carbocycles. The van der Waals surface area contributed by atoms with Gasteiger partial charge in [-0.3, -0.25) is 4.79 Å². The molecule has 21 heavy (non-hydrogen) atoms. The van der Waals surface area contributed by atoms with Crippen LogP contribution in [0.15, 0.2) is 28.9 Å². The number of hydrogen-bond acceptors (Lipinski definition) is 5. The Morgan fingerprint density at radius 2 is 2.14 bits per heavy atom. The molecule has 1 amide bonds. The lowest BCUT2D eigenvalue weighted by molar-refractivity contribution is 0.102. The van der Waals surface area contributed by atoms with Gasteiger partial charge in [-0.1, -0.05) is 24.9 Å². The Morgan fingerprint density at radius 1 is 1.29 bits per heavy atom. The van der Waals surface area contributed by atoms with Crippen LogP contribution >= 0.6 is 0 Å². The normalized spacial score (nSPS) is 10.4. The van der Waals surface area contributed by atoms with E-state index in [2.05, 4.69) is 27.7 Å². The summed E-state index contributed by atoms with van der Waals surface area (Å²) in [4.78, 5) is 16.3. The van der Waals surface area contributed by atoms with Gasteiger partial charge < -0.3 is 15.2 Å². The van der Waals surface area contributed by atoms with Gasteiger partial charge in [-0.25, -0.2) is 4.98 Å². The Balaban J connectivity index is 1.94. The second kappa shape index (κ2) is 7.42. The smallest absolute Gasteiger partial charge is 0.257 e. The molecule has 0 saturated carbocycles. The second-order valence-corrected chi connectivity index (χ2v) is 4.84. The van der Waals surface area contributed by atoms with Gasteiger partial charge in [-0.15, -0.1) is 0 Å². The average molecular weight is 288 g/mol. The molecule has 112 valence electrons. The zero-order valence-electron chi connectivity index (χ0n) is 12.3. The number of aryl methyl sites for hydroxylation is 1. The maximum Gasteiger partial charge on any atom is 0.257 e. The second-order valence-electron chi connectivity index (χ2n) is 4.84. The van der Waals surface area contributed by atoms with Gasteiger partial charge in [0.1, 0.15) is 11.6 Å². The summed E-state index contributed by atoms with van der Waals surface area (Å²) < 4.78 is 4.91. The van der Waals surface area contributed by atoms with Crippen molar-refractivity contribution in [1.82, 2.24) is 10.1 Å². The summed E-state index contributed by atoms with van der Waals surface area (Å²) in [6.07, 6.45) is 5.06. The molecule has 6 nitrogen and oxygen atoms in total. The summed E-state index contributed by atoms with van der Waals surface area (Å²) in [5.41, 5.74) is 0.531. The minimum Gasteiger partial charge on any atom is -0.370 e. The van der Waals surface area contributed by atoms with Gasteiger partial charge in [0.2, 0.25) is 0 Å². The molecular formula is C15H20N4O2. The van der Waals surface area contributed by atoms with E-state index in [0.29, 0.717) is 23.0 Å². The number of amides is 1. The van der Waals surface area contributed by atoms with E-state index in [9.17, 15) is 4.79 Å². The zero-order valence-corrected chi connectivity index (χ0v) is 12.3. The number of carbonyl (C=O) groups is 1. The number of anilines is 2. The standard InChI is InChI=1S/C15H20N4O2/c1-3-4-5-7-16-13-10-12(6-8-17-13)15(20)18-14-9-11(2)21-19-14/h6,8-10H,3-5,7H2,1-2H3,(H,16,17)(H,18,19,20). The van der Waals surface area contributed by atoms with E-state index in [-0.39, 0.29) is 5.91 Å². The molecule has 2 heterocycles. The van der Waals surface area contributed by atoms with Crippen molar-refractivity contribution in [2.24, 2.45) is 0 Å². The number of carbonyl (C=O) groups excluding carboxylic acids is 1. The van der Waals surface area contributed by atoms with Gasteiger partial charge in [0.05, 0.1) is 0 Å². The van der Waals surface area contributed by atoms with Crippen LogP contribution in [-0.4, -0.2) is 22.6 Å². The molecule has 0 atom stereocenters. The van der Waals surface area contributed by atoms with E-state index in [1.54, 1.807) is 31.3 Å². The van der Waals surface area contributed by atoms with E-state index >= 15 is 0 Å². The van der Waals surface area contributed by atoms with E-state index in [1.807, 2.05) is 0 Å². The highest BCUT2D eigenvalue weighted by Gasteiger charge is 2.09. The SMILES string of the molecule is CCCCCNc1cc(C(=O)Nc2cc(C)on2)ccn1. The lowest BCUT2D eigenvalue weighted by atomic mass is 10.2. The third kappa shape index (κ3) is 4.59. The Morgan fingerprint density at radius 3 is 2.86 bits per heavy atom. The number of unbranched alkanes of at least 4 members (excludes halogenated alkanes) is 2. The third-order valence-corrected chi connectivity index (χ3v) is 2.98. The fraction of sp³-hybridized carbons (Fsp3) is 0.400. The predicted octanol–water partition coefficient (Wildman–Crippen LogP) is 3.23. The Bertz CT molecular complexity index is 595. The molecule has 2 aromatic rings. The Hall–Kier alpha value is -2.37. The summed E-state index contributed by atoms with van der Waals surface area (Å²) >= 11 is 0. The molecular weight excluding hydrogens is 268 g/mol. The predicted molar refractivity (Wildman–Crippen MR) is 81.4 cm³/mol. The van der Waals surface area contributed by atoms with Crippen LogP contribution < -0.4 is 10.6 Å². The van der Waals surface area contributed by atoms with E-state index in [1.165, 1.54) is 12.8 Å². The Kier molecular flexibility index (Phi) is 5.31. The summed E-state index contributed by atoms with van der Waals surface area (Å²) in [5.74, 6) is 1.53. The van der Waals surface area contributed by atoms with Crippen LogP contribution in [0.3, 0.4) is 0 Å². The Labute approximate surface area is 123 Å². The number of aromatic nitrogens is 2. The third-order valence-electron chi connectivity index (χ3n) is 2.98.